The van der Waals surface area contributed by atoms with E-state index in [1.54, 1.807) is 18.2 Å². The van der Waals surface area contributed by atoms with Crippen molar-refractivity contribution in [2.24, 2.45) is 0 Å². The minimum atomic E-state index is -0.722. The van der Waals surface area contributed by atoms with E-state index in [0.717, 1.165) is 6.07 Å². The average Bonchev–Trinajstić information content (AvgIpc) is 2.67. The number of carbonyl (C=O) groups is 2. The summed E-state index contributed by atoms with van der Waals surface area (Å²) in [5.74, 6) is -0.958. The van der Waals surface area contributed by atoms with Crippen LogP contribution in [-0.4, -0.2) is 32.2 Å². The molecule has 1 amide bonds. The summed E-state index contributed by atoms with van der Waals surface area (Å²) in [6.07, 6.45) is 2.69. The quantitative estimate of drug-likeness (QED) is 0.527. The Morgan fingerprint density at radius 3 is 2.64 bits per heavy atom. The molecule has 8 heteroatoms. The molecule has 0 aliphatic rings. The van der Waals surface area contributed by atoms with Crippen LogP contribution in [0.4, 0.5) is 10.1 Å². The largest absolute Gasteiger partial charge is 0.493 e. The highest BCUT2D eigenvalue weighted by Crippen LogP contribution is 2.28. The molecule has 2 aromatic rings. The molecule has 0 saturated carbocycles. The van der Waals surface area contributed by atoms with Gasteiger partial charge in [-0.2, -0.15) is 0 Å². The number of hydrogen-bond donors (Lipinski definition) is 1. The number of ether oxygens (including phenoxy) is 3. The van der Waals surface area contributed by atoms with Crippen LogP contribution in [0, 0.1) is 5.82 Å². The molecule has 0 aliphatic carbocycles. The maximum atomic E-state index is 13.6. The topological polar surface area (TPSA) is 73.9 Å². The van der Waals surface area contributed by atoms with Crippen molar-refractivity contribution in [1.29, 1.82) is 0 Å². The highest BCUT2D eigenvalue weighted by Gasteiger charge is 2.10. The van der Waals surface area contributed by atoms with E-state index in [1.165, 1.54) is 31.4 Å². The summed E-state index contributed by atoms with van der Waals surface area (Å²) in [7, 11) is 1.53. The summed E-state index contributed by atoms with van der Waals surface area (Å²) >= 11 is 5.64. The minimum absolute atomic E-state index is 0.0531. The first-order valence-corrected chi connectivity index (χ1v) is 8.71. The first kappa shape index (κ1) is 21.2. The fourth-order valence-electron chi connectivity index (χ4n) is 2.19. The molecule has 0 aromatic heterocycles. The van der Waals surface area contributed by atoms with E-state index in [9.17, 15) is 14.0 Å². The molecule has 0 bridgehead atoms. The average molecular weight is 408 g/mol. The molecule has 2 aromatic carbocycles. The van der Waals surface area contributed by atoms with E-state index in [-0.39, 0.29) is 10.7 Å². The third kappa shape index (κ3) is 6.28. The smallest absolute Gasteiger partial charge is 0.331 e. The first-order chi connectivity index (χ1) is 13.4. The zero-order chi connectivity index (χ0) is 20.5. The van der Waals surface area contributed by atoms with Gasteiger partial charge in [0.1, 0.15) is 5.82 Å². The number of hydrogen-bond acceptors (Lipinski definition) is 5. The van der Waals surface area contributed by atoms with E-state index in [1.807, 2.05) is 6.92 Å². The van der Waals surface area contributed by atoms with Crippen LogP contribution in [0.5, 0.6) is 11.5 Å². The van der Waals surface area contributed by atoms with Gasteiger partial charge in [0, 0.05) is 11.1 Å². The molecule has 0 atom stereocenters. The molecule has 1 N–H and O–H groups in total. The SMILES string of the molecule is CCOc1cc(/C=C/C(=O)OCC(=O)Nc2ccc(Cl)cc2F)ccc1OC. The Morgan fingerprint density at radius 2 is 1.96 bits per heavy atom. The molecule has 0 fully saturated rings. The maximum absolute atomic E-state index is 13.6. The van der Waals surface area contributed by atoms with Crippen molar-refractivity contribution in [2.45, 2.75) is 6.92 Å². The second-order valence-corrected chi connectivity index (χ2v) is 5.89. The van der Waals surface area contributed by atoms with Crippen LogP contribution in [0.15, 0.2) is 42.5 Å². The highest BCUT2D eigenvalue weighted by atomic mass is 35.5. The van der Waals surface area contributed by atoms with Gasteiger partial charge in [-0.05, 0) is 48.9 Å². The second-order valence-electron chi connectivity index (χ2n) is 5.46. The number of nitrogens with one attached hydrogen (secondary N) is 1. The van der Waals surface area contributed by atoms with Crippen LogP contribution >= 0.6 is 11.6 Å². The molecule has 0 unspecified atom stereocenters. The number of esters is 1. The van der Waals surface area contributed by atoms with Crippen molar-refractivity contribution in [1.82, 2.24) is 0 Å². The normalized spacial score (nSPS) is 10.6. The van der Waals surface area contributed by atoms with Gasteiger partial charge < -0.3 is 19.5 Å². The predicted octanol–water partition coefficient (Wildman–Crippen LogP) is 4.08. The van der Waals surface area contributed by atoms with E-state index in [2.05, 4.69) is 5.32 Å². The third-order valence-electron chi connectivity index (χ3n) is 3.45. The van der Waals surface area contributed by atoms with Crippen LogP contribution in [0.3, 0.4) is 0 Å². The molecular formula is C20H19ClFNO5. The summed E-state index contributed by atoms with van der Waals surface area (Å²) in [6.45, 7) is 1.76. The van der Waals surface area contributed by atoms with Crippen molar-refractivity contribution >= 4 is 35.2 Å². The van der Waals surface area contributed by atoms with Crippen molar-refractivity contribution in [3.8, 4) is 11.5 Å². The molecule has 2 rings (SSSR count). The number of anilines is 1. The number of halogens is 2. The van der Waals surface area contributed by atoms with Crippen LogP contribution in [0.1, 0.15) is 12.5 Å². The van der Waals surface area contributed by atoms with Gasteiger partial charge in [0.05, 0.1) is 19.4 Å². The van der Waals surface area contributed by atoms with Crippen molar-refractivity contribution in [3.05, 3.63) is 58.9 Å². The second kappa shape index (κ2) is 10.3. The molecule has 148 valence electrons. The summed E-state index contributed by atoms with van der Waals surface area (Å²) in [5.41, 5.74) is 0.636. The number of rotatable bonds is 8. The van der Waals surface area contributed by atoms with Gasteiger partial charge in [-0.3, -0.25) is 4.79 Å². The lowest BCUT2D eigenvalue weighted by atomic mass is 10.2. The lowest BCUT2D eigenvalue weighted by Gasteiger charge is -2.09. The van der Waals surface area contributed by atoms with E-state index < -0.39 is 24.3 Å². The standard InChI is InChI=1S/C20H19ClFNO5/c1-3-27-18-10-13(4-8-17(18)26-2)5-9-20(25)28-12-19(24)23-16-7-6-14(21)11-15(16)22/h4-11H,3,12H2,1-2H3,(H,23,24)/b9-5+. The molecule has 0 heterocycles. The van der Waals surface area contributed by atoms with E-state index >= 15 is 0 Å². The van der Waals surface area contributed by atoms with Gasteiger partial charge in [0.25, 0.3) is 5.91 Å². The molecule has 28 heavy (non-hydrogen) atoms. The van der Waals surface area contributed by atoms with E-state index in [4.69, 9.17) is 25.8 Å². The Hall–Kier alpha value is -3.06. The van der Waals surface area contributed by atoms with Crippen LogP contribution in [0.2, 0.25) is 5.02 Å². The fraction of sp³-hybridized carbons (Fsp3) is 0.200. The van der Waals surface area contributed by atoms with Gasteiger partial charge >= 0.3 is 5.97 Å². The van der Waals surface area contributed by atoms with Crippen LogP contribution in [-0.2, 0) is 14.3 Å². The molecule has 0 aliphatic heterocycles. The maximum Gasteiger partial charge on any atom is 0.331 e. The summed E-state index contributed by atoms with van der Waals surface area (Å²) in [6, 6.07) is 8.97. The fourth-order valence-corrected chi connectivity index (χ4v) is 2.35. The summed E-state index contributed by atoms with van der Waals surface area (Å²) < 4.78 is 29.1. The monoisotopic (exact) mass is 407 g/mol. The van der Waals surface area contributed by atoms with Gasteiger partial charge in [-0.25, -0.2) is 9.18 Å². The number of carbonyl (C=O) groups excluding carboxylic acids is 2. The minimum Gasteiger partial charge on any atom is -0.493 e. The molecular weight excluding hydrogens is 389 g/mol. The number of amides is 1. The molecule has 0 spiro atoms. The number of methoxy groups -OCH3 is 1. The van der Waals surface area contributed by atoms with Gasteiger partial charge in [0.2, 0.25) is 0 Å². The van der Waals surface area contributed by atoms with Gasteiger partial charge in [-0.1, -0.05) is 17.7 Å². The van der Waals surface area contributed by atoms with Crippen LogP contribution in [0.25, 0.3) is 6.08 Å². The first-order valence-electron chi connectivity index (χ1n) is 8.33. The summed E-state index contributed by atoms with van der Waals surface area (Å²) in [5, 5.41) is 2.50. The summed E-state index contributed by atoms with van der Waals surface area (Å²) in [4.78, 5) is 23.6. The highest BCUT2D eigenvalue weighted by molar-refractivity contribution is 6.30. The van der Waals surface area contributed by atoms with Crippen molar-refractivity contribution < 1.29 is 28.2 Å². The zero-order valence-corrected chi connectivity index (χ0v) is 16.1. The Balaban J connectivity index is 1.89. The molecule has 0 radical (unpaired) electrons. The molecule has 6 nitrogen and oxygen atoms in total. The lowest BCUT2D eigenvalue weighted by molar-refractivity contribution is -0.142. The van der Waals surface area contributed by atoms with Gasteiger partial charge in [-0.15, -0.1) is 0 Å². The van der Waals surface area contributed by atoms with E-state index in [0.29, 0.717) is 23.7 Å². The van der Waals surface area contributed by atoms with Crippen molar-refractivity contribution in [2.75, 3.05) is 25.6 Å². The van der Waals surface area contributed by atoms with Crippen molar-refractivity contribution in [3.63, 3.8) is 0 Å². The predicted molar refractivity (Wildman–Crippen MR) is 104 cm³/mol. The van der Waals surface area contributed by atoms with Crippen LogP contribution < -0.4 is 14.8 Å². The Labute approximate surface area is 166 Å². The zero-order valence-electron chi connectivity index (χ0n) is 15.3. The Bertz CT molecular complexity index is 885. The lowest BCUT2D eigenvalue weighted by Crippen LogP contribution is -2.20. The number of benzene rings is 2. The third-order valence-corrected chi connectivity index (χ3v) is 3.69. The van der Waals surface area contributed by atoms with Gasteiger partial charge in [0.15, 0.2) is 18.1 Å². The molecule has 0 saturated heterocycles. The Morgan fingerprint density at radius 1 is 1.18 bits per heavy atom. The Kier molecular flexibility index (Phi) is 7.83.